The molecule has 1 aliphatic rings. The quantitative estimate of drug-likeness (QED) is 0.566. The molecule has 3 heterocycles. The summed E-state index contributed by atoms with van der Waals surface area (Å²) in [7, 11) is 0. The Morgan fingerprint density at radius 3 is 2.55 bits per heavy atom. The number of nitrogens with one attached hydrogen (secondary N) is 2. The molecule has 0 saturated carbocycles. The highest BCUT2D eigenvalue weighted by Crippen LogP contribution is 2.31. The molecular weight excluding hydrogens is 364 g/mol. The molecule has 0 radical (unpaired) electrons. The summed E-state index contributed by atoms with van der Waals surface area (Å²) < 4.78 is 1.62. The van der Waals surface area contributed by atoms with Gasteiger partial charge in [-0.05, 0) is 29.7 Å². The van der Waals surface area contributed by atoms with Gasteiger partial charge in [-0.15, -0.1) is 0 Å². The number of aromatic nitrogens is 3. The maximum Gasteiger partial charge on any atom is 0.262 e. The Kier molecular flexibility index (Phi) is 4.01. The zero-order valence-corrected chi connectivity index (χ0v) is 16.3. The number of hydrogen-bond acceptors (Lipinski definition) is 3. The molecule has 2 aromatic carbocycles. The molecule has 2 atom stereocenters. The Labute approximate surface area is 167 Å². The summed E-state index contributed by atoms with van der Waals surface area (Å²) >= 11 is 0. The Morgan fingerprint density at radius 1 is 1.03 bits per heavy atom. The molecule has 1 aliphatic heterocycles. The van der Waals surface area contributed by atoms with E-state index in [-0.39, 0.29) is 23.4 Å². The highest BCUT2D eigenvalue weighted by Gasteiger charge is 2.37. The topological polar surface area (TPSA) is 79.8 Å². The van der Waals surface area contributed by atoms with E-state index in [1.165, 1.54) is 0 Å². The van der Waals surface area contributed by atoms with Gasteiger partial charge in [0.1, 0.15) is 11.9 Å². The second kappa shape index (κ2) is 6.58. The number of carbonyl (C=O) groups excluding carboxylic acids is 1. The standard InChI is InChI=1S/C23H22N4O2/c1-13(2)20-21-25-18-10-6-4-8-16(18)23(29)27(21)19(22(28)26-20)11-14-12-24-17-9-5-3-7-15(14)17/h3-10,12-13,19-20,24H,11H2,1-2H3,(H,26,28)/t19-,20-/m1/s1. The van der Waals surface area contributed by atoms with Gasteiger partial charge in [0.25, 0.3) is 5.56 Å². The summed E-state index contributed by atoms with van der Waals surface area (Å²) in [5.74, 6) is 0.612. The van der Waals surface area contributed by atoms with Crippen LogP contribution in [0.2, 0.25) is 0 Å². The van der Waals surface area contributed by atoms with Crippen molar-refractivity contribution in [3.05, 3.63) is 76.5 Å². The highest BCUT2D eigenvalue weighted by atomic mass is 16.2. The number of nitrogens with zero attached hydrogens (tertiary/aromatic N) is 2. The average Bonchev–Trinajstić information content (AvgIpc) is 3.13. The maximum atomic E-state index is 13.4. The summed E-state index contributed by atoms with van der Waals surface area (Å²) in [6, 6.07) is 14.4. The van der Waals surface area contributed by atoms with Crippen molar-refractivity contribution in [2.24, 2.45) is 5.92 Å². The zero-order chi connectivity index (χ0) is 20.1. The molecule has 1 amide bonds. The third kappa shape index (κ3) is 2.75. The van der Waals surface area contributed by atoms with E-state index >= 15 is 0 Å². The van der Waals surface area contributed by atoms with Gasteiger partial charge >= 0.3 is 0 Å². The van der Waals surface area contributed by atoms with Crippen molar-refractivity contribution in [3.8, 4) is 0 Å². The summed E-state index contributed by atoms with van der Waals surface area (Å²) in [6.07, 6.45) is 2.35. The van der Waals surface area contributed by atoms with Gasteiger partial charge in [-0.25, -0.2) is 4.98 Å². The normalized spacial score (nSPS) is 18.9. The van der Waals surface area contributed by atoms with E-state index in [2.05, 4.69) is 10.3 Å². The van der Waals surface area contributed by atoms with Crippen LogP contribution in [0.1, 0.15) is 37.3 Å². The van der Waals surface area contributed by atoms with E-state index in [9.17, 15) is 9.59 Å². The molecule has 6 nitrogen and oxygen atoms in total. The van der Waals surface area contributed by atoms with Crippen LogP contribution in [0.3, 0.4) is 0 Å². The number of H-pyrrole nitrogens is 1. The van der Waals surface area contributed by atoms with Crippen LogP contribution in [-0.4, -0.2) is 20.4 Å². The van der Waals surface area contributed by atoms with Crippen molar-refractivity contribution in [1.82, 2.24) is 19.9 Å². The minimum Gasteiger partial charge on any atom is -0.361 e. The van der Waals surface area contributed by atoms with Crippen LogP contribution in [0.25, 0.3) is 21.8 Å². The van der Waals surface area contributed by atoms with Gasteiger partial charge in [-0.1, -0.05) is 44.2 Å². The van der Waals surface area contributed by atoms with Crippen molar-refractivity contribution >= 4 is 27.7 Å². The van der Waals surface area contributed by atoms with Gasteiger partial charge in [0, 0.05) is 23.5 Å². The predicted octanol–water partition coefficient (Wildman–Crippen LogP) is 3.49. The SMILES string of the molecule is CC(C)[C@H]1NC(=O)[C@@H](Cc2c[nH]c3ccccc23)n2c1nc1ccccc1c2=O. The monoisotopic (exact) mass is 386 g/mol. The number of fused-ring (bicyclic) bond motifs is 3. The average molecular weight is 386 g/mol. The molecule has 6 heteroatoms. The summed E-state index contributed by atoms with van der Waals surface area (Å²) in [5, 5.41) is 4.71. The van der Waals surface area contributed by atoms with Crippen molar-refractivity contribution in [2.45, 2.75) is 32.4 Å². The first-order chi connectivity index (χ1) is 14.0. The van der Waals surface area contributed by atoms with Crippen molar-refractivity contribution in [3.63, 3.8) is 0 Å². The first-order valence-corrected chi connectivity index (χ1v) is 9.91. The molecule has 2 N–H and O–H groups in total. The lowest BCUT2D eigenvalue weighted by Gasteiger charge is -2.34. The number of carbonyl (C=O) groups is 1. The summed E-state index contributed by atoms with van der Waals surface area (Å²) in [4.78, 5) is 34.6. The van der Waals surface area contributed by atoms with E-state index in [1.807, 2.05) is 62.5 Å². The number of hydrogen-bond donors (Lipinski definition) is 2. The second-order valence-corrected chi connectivity index (χ2v) is 7.97. The van der Waals surface area contributed by atoms with E-state index in [0.717, 1.165) is 16.5 Å². The molecule has 0 saturated heterocycles. The Morgan fingerprint density at radius 2 is 1.76 bits per heavy atom. The molecule has 146 valence electrons. The van der Waals surface area contributed by atoms with Gasteiger partial charge < -0.3 is 10.3 Å². The minimum atomic E-state index is -0.635. The van der Waals surface area contributed by atoms with Crippen LogP contribution >= 0.6 is 0 Å². The smallest absolute Gasteiger partial charge is 0.262 e. The van der Waals surface area contributed by atoms with E-state index in [4.69, 9.17) is 4.98 Å². The zero-order valence-electron chi connectivity index (χ0n) is 16.3. The van der Waals surface area contributed by atoms with E-state index < -0.39 is 6.04 Å². The molecule has 4 aromatic rings. The molecule has 2 aromatic heterocycles. The minimum absolute atomic E-state index is 0.118. The molecule has 0 fully saturated rings. The number of rotatable bonds is 3. The first-order valence-electron chi connectivity index (χ1n) is 9.91. The van der Waals surface area contributed by atoms with Crippen LogP contribution in [0.4, 0.5) is 0 Å². The lowest BCUT2D eigenvalue weighted by molar-refractivity contribution is -0.127. The van der Waals surface area contributed by atoms with Crippen LogP contribution in [0.5, 0.6) is 0 Å². The van der Waals surface area contributed by atoms with Gasteiger partial charge in [-0.2, -0.15) is 0 Å². The summed E-state index contributed by atoms with van der Waals surface area (Å²) in [5.41, 5.74) is 2.53. The lowest BCUT2D eigenvalue weighted by Crippen LogP contribution is -2.49. The van der Waals surface area contributed by atoms with E-state index in [1.54, 1.807) is 10.6 Å². The van der Waals surface area contributed by atoms with Crippen LogP contribution in [0, 0.1) is 5.92 Å². The fraction of sp³-hybridized carbons (Fsp3) is 0.261. The largest absolute Gasteiger partial charge is 0.361 e. The van der Waals surface area contributed by atoms with Crippen molar-refractivity contribution in [2.75, 3.05) is 0 Å². The second-order valence-electron chi connectivity index (χ2n) is 7.97. The third-order valence-electron chi connectivity index (χ3n) is 5.78. The maximum absolute atomic E-state index is 13.4. The highest BCUT2D eigenvalue weighted by molar-refractivity contribution is 5.87. The third-order valence-corrected chi connectivity index (χ3v) is 5.78. The fourth-order valence-electron chi connectivity index (χ4n) is 4.27. The number of aromatic amines is 1. The van der Waals surface area contributed by atoms with Crippen LogP contribution < -0.4 is 10.9 Å². The fourth-order valence-corrected chi connectivity index (χ4v) is 4.27. The molecular formula is C23H22N4O2. The predicted molar refractivity (Wildman–Crippen MR) is 113 cm³/mol. The molecule has 0 spiro atoms. The van der Waals surface area contributed by atoms with Crippen molar-refractivity contribution in [1.29, 1.82) is 0 Å². The molecule has 0 aliphatic carbocycles. The van der Waals surface area contributed by atoms with E-state index in [0.29, 0.717) is 23.1 Å². The van der Waals surface area contributed by atoms with Gasteiger partial charge in [0.15, 0.2) is 0 Å². The lowest BCUT2D eigenvalue weighted by atomic mass is 9.96. The Balaban J connectivity index is 1.71. The molecule has 5 rings (SSSR count). The van der Waals surface area contributed by atoms with Crippen LogP contribution in [-0.2, 0) is 11.2 Å². The number of para-hydroxylation sites is 2. The number of amides is 1. The van der Waals surface area contributed by atoms with Crippen LogP contribution in [0.15, 0.2) is 59.5 Å². The molecule has 0 bridgehead atoms. The van der Waals surface area contributed by atoms with Crippen molar-refractivity contribution < 1.29 is 4.79 Å². The number of benzene rings is 2. The summed E-state index contributed by atoms with van der Waals surface area (Å²) in [6.45, 7) is 4.05. The molecule has 0 unspecified atom stereocenters. The van der Waals surface area contributed by atoms with Gasteiger partial charge in [-0.3, -0.25) is 14.2 Å². The Bertz CT molecular complexity index is 1300. The first kappa shape index (κ1) is 17.7. The van der Waals surface area contributed by atoms with Gasteiger partial charge in [0.05, 0.1) is 16.9 Å². The molecule has 29 heavy (non-hydrogen) atoms. The Hall–Kier alpha value is -3.41. The van der Waals surface area contributed by atoms with Gasteiger partial charge in [0.2, 0.25) is 5.91 Å².